The van der Waals surface area contributed by atoms with Crippen LogP contribution in [0.25, 0.3) is 0 Å². The first-order chi connectivity index (χ1) is 9.79. The number of benzene rings is 1. The van der Waals surface area contributed by atoms with Crippen LogP contribution in [0, 0.1) is 0 Å². The third-order valence-corrected chi connectivity index (χ3v) is 3.07. The molecule has 0 fully saturated rings. The fourth-order valence-electron chi connectivity index (χ4n) is 1.96. The van der Waals surface area contributed by atoms with Crippen LogP contribution in [0.5, 0.6) is 0 Å². The smallest absolute Gasteiger partial charge is 0.251 e. The summed E-state index contributed by atoms with van der Waals surface area (Å²) < 4.78 is 0. The standard InChI is InChI=1S/C16H19N3O/c17-9-7-13-3-5-15(6-4-13)16(20)19-11-8-14-2-1-10-18-12-14/h1-6,10,12H,7-9,11,17H2,(H,19,20). The SMILES string of the molecule is NCCc1ccc(C(=O)NCCc2cccnc2)cc1. The van der Waals surface area contributed by atoms with Crippen LogP contribution in [0.15, 0.2) is 48.8 Å². The first kappa shape index (κ1) is 14.2. The van der Waals surface area contributed by atoms with E-state index in [1.165, 1.54) is 0 Å². The Morgan fingerprint density at radius 3 is 2.55 bits per heavy atom. The summed E-state index contributed by atoms with van der Waals surface area (Å²) in [6, 6.07) is 11.5. The first-order valence-corrected chi connectivity index (χ1v) is 6.75. The molecule has 0 aliphatic carbocycles. The Morgan fingerprint density at radius 2 is 1.90 bits per heavy atom. The maximum Gasteiger partial charge on any atom is 0.251 e. The van der Waals surface area contributed by atoms with Gasteiger partial charge in [0.15, 0.2) is 0 Å². The number of nitrogens with two attached hydrogens (primary N) is 1. The lowest BCUT2D eigenvalue weighted by atomic mass is 10.1. The number of carbonyl (C=O) groups is 1. The normalized spacial score (nSPS) is 10.2. The van der Waals surface area contributed by atoms with Crippen LogP contribution in [-0.4, -0.2) is 24.0 Å². The molecule has 0 radical (unpaired) electrons. The molecule has 2 aromatic rings. The van der Waals surface area contributed by atoms with E-state index in [2.05, 4.69) is 10.3 Å². The molecule has 0 bridgehead atoms. The molecule has 0 aliphatic heterocycles. The number of pyridine rings is 1. The highest BCUT2D eigenvalue weighted by Crippen LogP contribution is 2.05. The average molecular weight is 269 g/mol. The number of aromatic nitrogens is 1. The highest BCUT2D eigenvalue weighted by atomic mass is 16.1. The van der Waals surface area contributed by atoms with E-state index < -0.39 is 0 Å². The van der Waals surface area contributed by atoms with Crippen molar-refractivity contribution in [1.82, 2.24) is 10.3 Å². The van der Waals surface area contributed by atoms with Crippen LogP contribution in [0.2, 0.25) is 0 Å². The molecule has 4 nitrogen and oxygen atoms in total. The van der Waals surface area contributed by atoms with Gasteiger partial charge in [0.1, 0.15) is 0 Å². The third-order valence-electron chi connectivity index (χ3n) is 3.07. The van der Waals surface area contributed by atoms with Crippen LogP contribution >= 0.6 is 0 Å². The maximum atomic E-state index is 12.0. The van der Waals surface area contributed by atoms with Gasteiger partial charge < -0.3 is 11.1 Å². The number of carbonyl (C=O) groups excluding carboxylic acids is 1. The van der Waals surface area contributed by atoms with Crippen molar-refractivity contribution in [3.63, 3.8) is 0 Å². The predicted octanol–water partition coefficient (Wildman–Crippen LogP) is 1.56. The molecule has 104 valence electrons. The van der Waals surface area contributed by atoms with E-state index in [1.807, 2.05) is 42.6 Å². The molecule has 0 saturated heterocycles. The van der Waals surface area contributed by atoms with Crippen LogP contribution in [0.4, 0.5) is 0 Å². The van der Waals surface area contributed by atoms with Gasteiger partial charge in [0.05, 0.1) is 0 Å². The molecule has 1 aromatic heterocycles. The lowest BCUT2D eigenvalue weighted by Gasteiger charge is -2.06. The molecule has 0 unspecified atom stereocenters. The number of nitrogens with zero attached hydrogens (tertiary/aromatic N) is 1. The minimum atomic E-state index is -0.0480. The molecule has 2 rings (SSSR count). The number of amides is 1. The summed E-state index contributed by atoms with van der Waals surface area (Å²) in [5.74, 6) is -0.0480. The van der Waals surface area contributed by atoms with Crippen molar-refractivity contribution in [2.24, 2.45) is 5.73 Å². The van der Waals surface area contributed by atoms with Crippen molar-refractivity contribution in [3.05, 3.63) is 65.5 Å². The Hall–Kier alpha value is -2.20. The van der Waals surface area contributed by atoms with E-state index >= 15 is 0 Å². The second-order valence-electron chi connectivity index (χ2n) is 4.60. The molecule has 20 heavy (non-hydrogen) atoms. The Bertz CT molecular complexity index is 537. The molecular formula is C16H19N3O. The van der Waals surface area contributed by atoms with Crippen LogP contribution in [-0.2, 0) is 12.8 Å². The maximum absolute atomic E-state index is 12.0. The quantitative estimate of drug-likeness (QED) is 0.836. The summed E-state index contributed by atoms with van der Waals surface area (Å²) in [4.78, 5) is 16.0. The summed E-state index contributed by atoms with van der Waals surface area (Å²) in [5, 5.41) is 2.91. The van der Waals surface area contributed by atoms with Crippen LogP contribution in [0.3, 0.4) is 0 Å². The summed E-state index contributed by atoms with van der Waals surface area (Å²) in [5.41, 5.74) is 8.44. The second kappa shape index (κ2) is 7.40. The number of hydrogen-bond donors (Lipinski definition) is 2. The largest absolute Gasteiger partial charge is 0.352 e. The average Bonchev–Trinajstić information content (AvgIpc) is 2.49. The zero-order valence-corrected chi connectivity index (χ0v) is 11.4. The van der Waals surface area contributed by atoms with Gasteiger partial charge in [-0.1, -0.05) is 18.2 Å². The molecule has 1 heterocycles. The molecule has 0 aliphatic rings. The molecule has 3 N–H and O–H groups in total. The van der Waals surface area contributed by atoms with Gasteiger partial charge in [-0.25, -0.2) is 0 Å². The van der Waals surface area contributed by atoms with Gasteiger partial charge in [-0.15, -0.1) is 0 Å². The van der Waals surface area contributed by atoms with E-state index in [1.54, 1.807) is 6.20 Å². The summed E-state index contributed by atoms with van der Waals surface area (Å²) >= 11 is 0. The molecule has 0 spiro atoms. The molecular weight excluding hydrogens is 250 g/mol. The van der Waals surface area contributed by atoms with Crippen molar-refractivity contribution in [3.8, 4) is 0 Å². The summed E-state index contributed by atoms with van der Waals surface area (Å²) in [6.45, 7) is 1.23. The van der Waals surface area contributed by atoms with E-state index in [9.17, 15) is 4.79 Å². The lowest BCUT2D eigenvalue weighted by Crippen LogP contribution is -2.25. The highest BCUT2D eigenvalue weighted by Gasteiger charge is 2.04. The lowest BCUT2D eigenvalue weighted by molar-refractivity contribution is 0.0954. The molecule has 0 saturated carbocycles. The van der Waals surface area contributed by atoms with Gasteiger partial charge in [0.25, 0.3) is 5.91 Å². The number of nitrogens with one attached hydrogen (secondary N) is 1. The highest BCUT2D eigenvalue weighted by molar-refractivity contribution is 5.94. The van der Waals surface area contributed by atoms with E-state index in [0.717, 1.165) is 24.0 Å². The zero-order chi connectivity index (χ0) is 14.2. The van der Waals surface area contributed by atoms with Gasteiger partial charge in [-0.05, 0) is 48.7 Å². The fraction of sp³-hybridized carbons (Fsp3) is 0.250. The first-order valence-electron chi connectivity index (χ1n) is 6.75. The van der Waals surface area contributed by atoms with Gasteiger partial charge in [-0.2, -0.15) is 0 Å². The van der Waals surface area contributed by atoms with E-state index in [-0.39, 0.29) is 5.91 Å². The predicted molar refractivity (Wildman–Crippen MR) is 79.5 cm³/mol. The minimum absolute atomic E-state index is 0.0480. The Kier molecular flexibility index (Phi) is 5.26. The Balaban J connectivity index is 1.82. The molecule has 1 aromatic carbocycles. The molecule has 0 atom stereocenters. The van der Waals surface area contributed by atoms with Crippen LogP contribution < -0.4 is 11.1 Å². The monoisotopic (exact) mass is 269 g/mol. The minimum Gasteiger partial charge on any atom is -0.352 e. The zero-order valence-electron chi connectivity index (χ0n) is 11.4. The summed E-state index contributed by atoms with van der Waals surface area (Å²) in [7, 11) is 0. The summed E-state index contributed by atoms with van der Waals surface area (Å²) in [6.07, 6.45) is 5.17. The Morgan fingerprint density at radius 1 is 1.10 bits per heavy atom. The van der Waals surface area contributed by atoms with E-state index in [0.29, 0.717) is 18.7 Å². The van der Waals surface area contributed by atoms with Crippen LogP contribution in [0.1, 0.15) is 21.5 Å². The molecule has 4 heteroatoms. The van der Waals surface area contributed by atoms with E-state index in [4.69, 9.17) is 5.73 Å². The van der Waals surface area contributed by atoms with Gasteiger partial charge in [-0.3, -0.25) is 9.78 Å². The van der Waals surface area contributed by atoms with Crippen molar-refractivity contribution in [1.29, 1.82) is 0 Å². The number of rotatable bonds is 6. The number of hydrogen-bond acceptors (Lipinski definition) is 3. The topological polar surface area (TPSA) is 68.0 Å². The van der Waals surface area contributed by atoms with Gasteiger partial charge >= 0.3 is 0 Å². The van der Waals surface area contributed by atoms with Crippen molar-refractivity contribution >= 4 is 5.91 Å². The fourth-order valence-corrected chi connectivity index (χ4v) is 1.96. The second-order valence-corrected chi connectivity index (χ2v) is 4.60. The molecule has 1 amide bonds. The van der Waals surface area contributed by atoms with Gasteiger partial charge in [0, 0.05) is 24.5 Å². The van der Waals surface area contributed by atoms with Crippen molar-refractivity contribution in [2.45, 2.75) is 12.8 Å². The van der Waals surface area contributed by atoms with Gasteiger partial charge in [0.2, 0.25) is 0 Å². The Labute approximate surface area is 119 Å². The van der Waals surface area contributed by atoms with Crippen molar-refractivity contribution < 1.29 is 4.79 Å². The third kappa shape index (κ3) is 4.17. The van der Waals surface area contributed by atoms with Crippen molar-refractivity contribution in [2.75, 3.05) is 13.1 Å².